The molecule has 57 valence electrons. The first-order chi connectivity index (χ1) is 5.24. The smallest absolute Gasteiger partial charge is 0.00917 e. The van der Waals surface area contributed by atoms with Gasteiger partial charge >= 0.3 is 0 Å². The Balaban J connectivity index is 2.98. The molecule has 11 heavy (non-hydrogen) atoms. The summed E-state index contributed by atoms with van der Waals surface area (Å²) in [6.45, 7) is 9.56. The van der Waals surface area contributed by atoms with Gasteiger partial charge in [-0.15, -0.1) is 0 Å². The third kappa shape index (κ3) is 1.94. The number of rotatable bonds is 2. The van der Waals surface area contributed by atoms with E-state index in [0.29, 0.717) is 0 Å². The van der Waals surface area contributed by atoms with E-state index in [1.165, 1.54) is 16.7 Å². The van der Waals surface area contributed by atoms with E-state index >= 15 is 0 Å². The molecular formula is C11H13. The van der Waals surface area contributed by atoms with E-state index in [1.807, 2.05) is 0 Å². The van der Waals surface area contributed by atoms with Crippen molar-refractivity contribution >= 4 is 0 Å². The van der Waals surface area contributed by atoms with E-state index in [1.54, 1.807) is 6.08 Å². The molecule has 0 amide bonds. The molecular weight excluding hydrogens is 132 g/mol. The van der Waals surface area contributed by atoms with Gasteiger partial charge in [-0.3, -0.25) is 0 Å². The van der Waals surface area contributed by atoms with Gasteiger partial charge in [-0.25, -0.2) is 0 Å². The van der Waals surface area contributed by atoms with Gasteiger partial charge in [0.25, 0.3) is 0 Å². The van der Waals surface area contributed by atoms with Crippen LogP contribution in [-0.4, -0.2) is 0 Å². The summed E-state index contributed by atoms with van der Waals surface area (Å²) in [5, 5.41) is 0. The van der Waals surface area contributed by atoms with Crippen molar-refractivity contribution in [1.82, 2.24) is 0 Å². The standard InChI is InChI=1S/C11H13/c1-4-5-11-7-6-9(2)8-10(11)3/h1,4,6-8H,5H2,2-3H3. The lowest BCUT2D eigenvalue weighted by molar-refractivity contribution is 1.20. The Morgan fingerprint density at radius 2 is 2.09 bits per heavy atom. The second-order valence-corrected chi connectivity index (χ2v) is 2.87. The van der Waals surface area contributed by atoms with Crippen LogP contribution in [0.1, 0.15) is 16.7 Å². The van der Waals surface area contributed by atoms with Gasteiger partial charge in [0, 0.05) is 0 Å². The molecule has 1 radical (unpaired) electrons. The fraction of sp³-hybridized carbons (Fsp3) is 0.273. The molecule has 1 aromatic rings. The van der Waals surface area contributed by atoms with Crippen LogP contribution < -0.4 is 0 Å². The van der Waals surface area contributed by atoms with E-state index in [2.05, 4.69) is 32.0 Å². The lowest BCUT2D eigenvalue weighted by Gasteiger charge is -2.02. The Morgan fingerprint density at radius 3 is 2.64 bits per heavy atom. The van der Waals surface area contributed by atoms with Crippen LogP contribution in [0.3, 0.4) is 0 Å². The highest BCUT2D eigenvalue weighted by Gasteiger charge is 1.94. The Hall–Kier alpha value is -1.04. The average molecular weight is 145 g/mol. The number of hydrogen-bond donors (Lipinski definition) is 0. The molecule has 0 aliphatic heterocycles. The van der Waals surface area contributed by atoms with Gasteiger partial charge in [0.2, 0.25) is 0 Å². The maximum Gasteiger partial charge on any atom is -0.00917 e. The summed E-state index contributed by atoms with van der Waals surface area (Å²) in [5.74, 6) is 0. The molecule has 0 aromatic heterocycles. The molecule has 0 fully saturated rings. The Morgan fingerprint density at radius 1 is 1.36 bits per heavy atom. The first-order valence-corrected chi connectivity index (χ1v) is 3.83. The zero-order valence-corrected chi connectivity index (χ0v) is 7.09. The highest BCUT2D eigenvalue weighted by Crippen LogP contribution is 2.10. The second-order valence-electron chi connectivity index (χ2n) is 2.87. The summed E-state index contributed by atoms with van der Waals surface area (Å²) < 4.78 is 0. The Labute approximate surface area is 68.6 Å². The normalized spacial score (nSPS) is 9.64. The molecule has 0 unspecified atom stereocenters. The third-order valence-corrected chi connectivity index (χ3v) is 1.84. The maximum absolute atomic E-state index is 5.34. The number of aryl methyl sites for hydroxylation is 2. The van der Waals surface area contributed by atoms with Crippen molar-refractivity contribution < 1.29 is 0 Å². The van der Waals surface area contributed by atoms with Crippen molar-refractivity contribution in [1.29, 1.82) is 0 Å². The zero-order valence-electron chi connectivity index (χ0n) is 7.09. The molecule has 0 heterocycles. The highest BCUT2D eigenvalue weighted by molar-refractivity contribution is 5.31. The summed E-state index contributed by atoms with van der Waals surface area (Å²) in [4.78, 5) is 0. The third-order valence-electron chi connectivity index (χ3n) is 1.84. The molecule has 0 N–H and O–H groups in total. The summed E-state index contributed by atoms with van der Waals surface area (Å²) in [7, 11) is 0. The van der Waals surface area contributed by atoms with E-state index in [-0.39, 0.29) is 0 Å². The summed E-state index contributed by atoms with van der Waals surface area (Å²) >= 11 is 0. The van der Waals surface area contributed by atoms with E-state index in [9.17, 15) is 0 Å². The molecule has 0 nitrogen and oxygen atoms in total. The predicted octanol–water partition coefficient (Wildman–Crippen LogP) is 2.84. The van der Waals surface area contributed by atoms with Gasteiger partial charge in [-0.05, 0) is 31.4 Å². The minimum Gasteiger partial charge on any atom is -0.0801 e. The first kappa shape index (κ1) is 8.06. The summed E-state index contributed by atoms with van der Waals surface area (Å²) in [5.41, 5.74) is 3.95. The topological polar surface area (TPSA) is 0 Å². The van der Waals surface area contributed by atoms with Gasteiger partial charge in [0.05, 0.1) is 0 Å². The van der Waals surface area contributed by atoms with Gasteiger partial charge in [0.1, 0.15) is 0 Å². The van der Waals surface area contributed by atoms with Crippen LogP contribution in [0, 0.1) is 20.4 Å². The van der Waals surface area contributed by atoms with E-state index in [4.69, 9.17) is 6.58 Å². The van der Waals surface area contributed by atoms with Gasteiger partial charge in [0.15, 0.2) is 0 Å². The minimum absolute atomic E-state index is 0.867. The van der Waals surface area contributed by atoms with Crippen LogP contribution in [0.5, 0.6) is 0 Å². The monoisotopic (exact) mass is 145 g/mol. The molecule has 0 saturated carbocycles. The SMILES string of the molecule is [CH]=CCc1ccc(C)cc1C. The quantitative estimate of drug-likeness (QED) is 0.600. The average Bonchev–Trinajstić information content (AvgIpc) is 1.95. The molecule has 0 saturated heterocycles. The first-order valence-electron chi connectivity index (χ1n) is 3.83. The predicted molar refractivity (Wildman–Crippen MR) is 48.5 cm³/mol. The molecule has 0 heteroatoms. The molecule has 0 atom stereocenters. The van der Waals surface area contributed by atoms with Crippen molar-refractivity contribution in [3.63, 3.8) is 0 Å². The second kappa shape index (κ2) is 3.38. The van der Waals surface area contributed by atoms with Gasteiger partial charge < -0.3 is 0 Å². The number of hydrogen-bond acceptors (Lipinski definition) is 0. The molecule has 0 bridgehead atoms. The van der Waals surface area contributed by atoms with Crippen LogP contribution in [0.25, 0.3) is 0 Å². The van der Waals surface area contributed by atoms with Crippen molar-refractivity contribution in [2.24, 2.45) is 0 Å². The van der Waals surface area contributed by atoms with Gasteiger partial charge in [-0.2, -0.15) is 0 Å². The fourth-order valence-electron chi connectivity index (χ4n) is 1.20. The van der Waals surface area contributed by atoms with Crippen LogP contribution in [-0.2, 0) is 6.42 Å². The lowest BCUT2D eigenvalue weighted by Crippen LogP contribution is -1.86. The largest absolute Gasteiger partial charge is 0.0801 e. The highest BCUT2D eigenvalue weighted by atomic mass is 14.0. The molecule has 0 aliphatic carbocycles. The maximum atomic E-state index is 5.34. The molecule has 1 aromatic carbocycles. The van der Waals surface area contributed by atoms with Crippen molar-refractivity contribution in [2.45, 2.75) is 20.3 Å². The number of benzene rings is 1. The molecule has 0 spiro atoms. The van der Waals surface area contributed by atoms with Crippen LogP contribution in [0.4, 0.5) is 0 Å². The fourth-order valence-corrected chi connectivity index (χ4v) is 1.20. The van der Waals surface area contributed by atoms with Crippen molar-refractivity contribution in [2.75, 3.05) is 0 Å². The summed E-state index contributed by atoms with van der Waals surface area (Å²) in [6, 6.07) is 6.43. The minimum atomic E-state index is 0.867. The van der Waals surface area contributed by atoms with E-state index in [0.717, 1.165) is 6.42 Å². The van der Waals surface area contributed by atoms with Crippen LogP contribution >= 0.6 is 0 Å². The molecule has 0 aliphatic rings. The van der Waals surface area contributed by atoms with Crippen LogP contribution in [0.2, 0.25) is 0 Å². The molecule has 1 rings (SSSR count). The number of allylic oxidation sites excluding steroid dienone is 1. The van der Waals surface area contributed by atoms with Gasteiger partial charge in [-0.1, -0.05) is 36.4 Å². The summed E-state index contributed by atoms with van der Waals surface area (Å²) in [6.07, 6.45) is 2.56. The van der Waals surface area contributed by atoms with Crippen LogP contribution in [0.15, 0.2) is 24.3 Å². The van der Waals surface area contributed by atoms with E-state index < -0.39 is 0 Å². The zero-order chi connectivity index (χ0) is 8.27. The Kier molecular flexibility index (Phi) is 2.48. The lowest BCUT2D eigenvalue weighted by atomic mass is 10.0. The van der Waals surface area contributed by atoms with Crippen molar-refractivity contribution in [3.8, 4) is 0 Å². The van der Waals surface area contributed by atoms with Crippen molar-refractivity contribution in [3.05, 3.63) is 47.5 Å². The Bertz CT molecular complexity index is 259.